The van der Waals surface area contributed by atoms with Gasteiger partial charge in [0.05, 0.1) is 5.75 Å². The van der Waals surface area contributed by atoms with Crippen LogP contribution in [0.15, 0.2) is 21.7 Å². The van der Waals surface area contributed by atoms with Crippen molar-refractivity contribution in [1.29, 1.82) is 0 Å². The van der Waals surface area contributed by atoms with Gasteiger partial charge < -0.3 is 10.4 Å². The summed E-state index contributed by atoms with van der Waals surface area (Å²) in [6, 6.07) is 3.18. The molecule has 0 amide bonds. The Hall–Kier alpha value is -0.430. The molecule has 0 aliphatic rings. The van der Waals surface area contributed by atoms with Gasteiger partial charge >= 0.3 is 0 Å². The number of sulfone groups is 1. The molecule has 0 saturated carbocycles. The highest BCUT2D eigenvalue weighted by Gasteiger charge is 2.21. The molecule has 17 heavy (non-hydrogen) atoms. The molecule has 0 radical (unpaired) electrons. The fraction of sp³-hybridized carbons (Fsp3) is 0.636. The summed E-state index contributed by atoms with van der Waals surface area (Å²) in [4.78, 5) is 0. The van der Waals surface area contributed by atoms with Crippen LogP contribution >= 0.6 is 11.3 Å². The molecule has 4 nitrogen and oxygen atoms in total. The maximum absolute atomic E-state index is 12.0. The van der Waals surface area contributed by atoms with E-state index in [1.54, 1.807) is 17.5 Å². The summed E-state index contributed by atoms with van der Waals surface area (Å²) in [6.07, 6.45) is 1.41. The normalized spacial score (nSPS) is 13.8. The van der Waals surface area contributed by atoms with Crippen molar-refractivity contribution in [2.75, 3.05) is 18.9 Å². The highest BCUT2D eigenvalue weighted by Crippen LogP contribution is 2.18. The molecular formula is C11H19NO3S2. The maximum atomic E-state index is 12.0. The van der Waals surface area contributed by atoms with Crippen molar-refractivity contribution in [3.8, 4) is 0 Å². The number of nitrogens with one attached hydrogen (secondary N) is 1. The number of hydrogen-bond acceptors (Lipinski definition) is 5. The molecule has 0 aliphatic carbocycles. The van der Waals surface area contributed by atoms with Crippen molar-refractivity contribution in [3.05, 3.63) is 17.5 Å². The van der Waals surface area contributed by atoms with Gasteiger partial charge in [-0.3, -0.25) is 0 Å². The monoisotopic (exact) mass is 277 g/mol. The molecule has 98 valence electrons. The van der Waals surface area contributed by atoms with Crippen LogP contribution in [0.3, 0.4) is 0 Å². The average molecular weight is 277 g/mol. The summed E-state index contributed by atoms with van der Waals surface area (Å²) in [6.45, 7) is 2.79. The van der Waals surface area contributed by atoms with Gasteiger partial charge in [0.2, 0.25) is 0 Å². The number of hydrogen-bond donors (Lipinski definition) is 2. The predicted molar refractivity (Wildman–Crippen MR) is 70.2 cm³/mol. The van der Waals surface area contributed by atoms with E-state index in [-0.39, 0.29) is 18.4 Å². The molecule has 0 aliphatic heterocycles. The van der Waals surface area contributed by atoms with Crippen LogP contribution in [0.1, 0.15) is 19.8 Å². The molecule has 1 rings (SSSR count). The third kappa shape index (κ3) is 4.75. The van der Waals surface area contributed by atoms with Crippen LogP contribution in [0.25, 0.3) is 0 Å². The second kappa shape index (κ2) is 7.10. The van der Waals surface area contributed by atoms with Gasteiger partial charge in [0.1, 0.15) is 4.21 Å². The lowest BCUT2D eigenvalue weighted by molar-refractivity contribution is 0.269. The molecule has 1 atom stereocenters. The highest BCUT2D eigenvalue weighted by atomic mass is 32.2. The lowest BCUT2D eigenvalue weighted by atomic mass is 10.2. The van der Waals surface area contributed by atoms with E-state index in [2.05, 4.69) is 5.32 Å². The molecule has 0 saturated heterocycles. The minimum absolute atomic E-state index is 0.00133. The first kappa shape index (κ1) is 14.6. The van der Waals surface area contributed by atoms with Crippen LogP contribution < -0.4 is 5.32 Å². The number of aliphatic hydroxyl groups is 1. The first-order chi connectivity index (χ1) is 8.10. The molecular weight excluding hydrogens is 258 g/mol. The number of aliphatic hydroxyl groups excluding tert-OH is 1. The van der Waals surface area contributed by atoms with Gasteiger partial charge in [0.25, 0.3) is 0 Å². The van der Waals surface area contributed by atoms with E-state index >= 15 is 0 Å². The molecule has 1 unspecified atom stereocenters. The maximum Gasteiger partial charge on any atom is 0.189 e. The minimum Gasteiger partial charge on any atom is -0.396 e. The Labute approximate surface area is 107 Å². The molecule has 1 heterocycles. The third-order valence-electron chi connectivity index (χ3n) is 2.38. The van der Waals surface area contributed by atoms with Gasteiger partial charge in [0.15, 0.2) is 9.84 Å². The fourth-order valence-corrected chi connectivity index (χ4v) is 4.21. The summed E-state index contributed by atoms with van der Waals surface area (Å²) in [5, 5.41) is 13.8. The SMILES string of the molecule is CCCNC(CCO)CS(=O)(=O)c1cccs1. The van der Waals surface area contributed by atoms with Gasteiger partial charge in [-0.25, -0.2) is 8.42 Å². The third-order valence-corrected chi connectivity index (χ3v) is 5.69. The van der Waals surface area contributed by atoms with E-state index in [0.29, 0.717) is 10.6 Å². The fourth-order valence-electron chi connectivity index (χ4n) is 1.54. The van der Waals surface area contributed by atoms with Crippen LogP contribution in [0.5, 0.6) is 0 Å². The minimum atomic E-state index is -3.22. The molecule has 1 aromatic rings. The number of rotatable bonds is 8. The smallest absolute Gasteiger partial charge is 0.189 e. The largest absolute Gasteiger partial charge is 0.396 e. The summed E-state index contributed by atoms with van der Waals surface area (Å²) >= 11 is 1.24. The zero-order valence-corrected chi connectivity index (χ0v) is 11.6. The summed E-state index contributed by atoms with van der Waals surface area (Å²) in [5.74, 6) is 0.0497. The zero-order chi connectivity index (χ0) is 12.7. The molecule has 6 heteroatoms. The van der Waals surface area contributed by atoms with Gasteiger partial charge in [-0.1, -0.05) is 13.0 Å². The molecule has 0 fully saturated rings. The Bertz CT molecular complexity index is 400. The Balaban J connectivity index is 2.65. The first-order valence-corrected chi connectivity index (χ1v) is 8.24. The van der Waals surface area contributed by atoms with Crippen molar-refractivity contribution in [2.24, 2.45) is 0 Å². The van der Waals surface area contributed by atoms with Crippen LogP contribution in [0.4, 0.5) is 0 Å². The van der Waals surface area contributed by atoms with Crippen LogP contribution in [0, 0.1) is 0 Å². The number of thiophene rings is 1. The van der Waals surface area contributed by atoms with Crippen LogP contribution in [-0.4, -0.2) is 38.5 Å². The second-order valence-electron chi connectivity index (χ2n) is 3.88. The first-order valence-electron chi connectivity index (χ1n) is 5.70. The van der Waals surface area contributed by atoms with E-state index in [1.165, 1.54) is 11.3 Å². The highest BCUT2D eigenvalue weighted by molar-refractivity contribution is 7.93. The van der Waals surface area contributed by atoms with E-state index in [9.17, 15) is 8.42 Å². The van der Waals surface area contributed by atoms with Crippen molar-refractivity contribution in [3.63, 3.8) is 0 Å². The van der Waals surface area contributed by atoms with Crippen LogP contribution in [-0.2, 0) is 9.84 Å². The van der Waals surface area contributed by atoms with Crippen molar-refractivity contribution in [1.82, 2.24) is 5.32 Å². The second-order valence-corrected chi connectivity index (χ2v) is 7.09. The Kier molecular flexibility index (Phi) is 6.11. The van der Waals surface area contributed by atoms with Crippen molar-refractivity contribution < 1.29 is 13.5 Å². The summed E-state index contributed by atoms with van der Waals surface area (Å²) in [5.41, 5.74) is 0. The molecule has 2 N–H and O–H groups in total. The molecule has 0 spiro atoms. The Morgan fingerprint density at radius 3 is 2.82 bits per heavy atom. The van der Waals surface area contributed by atoms with Gasteiger partial charge in [-0.15, -0.1) is 11.3 Å². The van der Waals surface area contributed by atoms with E-state index < -0.39 is 9.84 Å². The Morgan fingerprint density at radius 2 is 2.29 bits per heavy atom. The predicted octanol–water partition coefficient (Wildman–Crippen LogP) is 1.27. The average Bonchev–Trinajstić information content (AvgIpc) is 2.80. The van der Waals surface area contributed by atoms with Gasteiger partial charge in [-0.2, -0.15) is 0 Å². The quantitative estimate of drug-likeness (QED) is 0.751. The molecule has 0 bridgehead atoms. The summed E-state index contributed by atoms with van der Waals surface area (Å²) in [7, 11) is -3.22. The van der Waals surface area contributed by atoms with Gasteiger partial charge in [0, 0.05) is 12.6 Å². The standard InChI is InChI=1S/C11H19NO3S2/c1-2-6-12-10(5-7-13)9-17(14,15)11-4-3-8-16-11/h3-4,8,10,12-13H,2,5-7,9H2,1H3. The Morgan fingerprint density at radius 1 is 1.53 bits per heavy atom. The van der Waals surface area contributed by atoms with E-state index in [4.69, 9.17) is 5.11 Å². The van der Waals surface area contributed by atoms with Gasteiger partial charge in [-0.05, 0) is 30.8 Å². The zero-order valence-electron chi connectivity index (χ0n) is 9.93. The molecule has 0 aromatic carbocycles. The summed E-state index contributed by atoms with van der Waals surface area (Å²) < 4.78 is 24.5. The topological polar surface area (TPSA) is 66.4 Å². The van der Waals surface area contributed by atoms with E-state index in [1.807, 2.05) is 6.92 Å². The van der Waals surface area contributed by atoms with E-state index in [0.717, 1.165) is 13.0 Å². The van der Waals surface area contributed by atoms with Crippen molar-refractivity contribution >= 4 is 21.2 Å². The molecule has 1 aromatic heterocycles. The van der Waals surface area contributed by atoms with Crippen molar-refractivity contribution in [2.45, 2.75) is 30.0 Å². The lowest BCUT2D eigenvalue weighted by Gasteiger charge is -2.16. The lowest BCUT2D eigenvalue weighted by Crippen LogP contribution is -2.36. The van der Waals surface area contributed by atoms with Crippen LogP contribution in [0.2, 0.25) is 0 Å².